The van der Waals surface area contributed by atoms with E-state index in [9.17, 15) is 0 Å². The second kappa shape index (κ2) is 4.26. The highest BCUT2D eigenvalue weighted by Gasteiger charge is 2.24. The Morgan fingerprint density at radius 2 is 2.08 bits per heavy atom. The lowest BCUT2D eigenvalue weighted by atomic mass is 10.1. The van der Waals surface area contributed by atoms with Crippen LogP contribution in [0.2, 0.25) is 0 Å². The molecule has 1 heterocycles. The minimum absolute atomic E-state index is 0.975. The molecule has 0 spiro atoms. The van der Waals surface area contributed by atoms with Crippen molar-refractivity contribution in [1.82, 2.24) is 4.90 Å². The third-order valence-electron chi connectivity index (χ3n) is 2.09. The second-order valence-corrected chi connectivity index (χ2v) is 3.45. The highest BCUT2D eigenvalue weighted by Crippen LogP contribution is 2.21. The molecule has 13 heavy (non-hydrogen) atoms. The quantitative estimate of drug-likeness (QED) is 0.477. The van der Waals surface area contributed by atoms with Crippen molar-refractivity contribution in [3.05, 3.63) is 24.0 Å². The van der Waals surface area contributed by atoms with Crippen LogP contribution in [0.3, 0.4) is 0 Å². The molecular weight excluding hydrogens is 160 g/mol. The molecule has 1 saturated heterocycles. The molecular formula is C11H18N2. The summed E-state index contributed by atoms with van der Waals surface area (Å²) in [5.41, 5.74) is 3.83. The van der Waals surface area contributed by atoms with Crippen molar-refractivity contribution in [2.75, 3.05) is 13.1 Å². The predicted octanol–water partition coefficient (Wildman–Crippen LogP) is 2.59. The first kappa shape index (κ1) is 10.0. The molecule has 2 heteroatoms. The smallest absolute Gasteiger partial charge is 0.0633 e. The molecule has 1 aliphatic rings. The van der Waals surface area contributed by atoms with Crippen LogP contribution in [0, 0.1) is 0 Å². The summed E-state index contributed by atoms with van der Waals surface area (Å²) in [6, 6.07) is 0. The zero-order valence-electron chi connectivity index (χ0n) is 8.80. The maximum Gasteiger partial charge on any atom is 0.0633 e. The monoisotopic (exact) mass is 178 g/mol. The Balaban J connectivity index is 2.91. The number of hydrogen-bond donors (Lipinski definition) is 0. The van der Waals surface area contributed by atoms with Gasteiger partial charge in [0.15, 0.2) is 0 Å². The van der Waals surface area contributed by atoms with E-state index in [4.69, 9.17) is 0 Å². The predicted molar refractivity (Wildman–Crippen MR) is 57.9 cm³/mol. The van der Waals surface area contributed by atoms with Gasteiger partial charge >= 0.3 is 0 Å². The van der Waals surface area contributed by atoms with E-state index in [0.717, 1.165) is 12.1 Å². The van der Waals surface area contributed by atoms with E-state index >= 15 is 0 Å². The summed E-state index contributed by atoms with van der Waals surface area (Å²) in [6.07, 6.45) is 2.61. The molecule has 1 aliphatic heterocycles. The van der Waals surface area contributed by atoms with Gasteiger partial charge in [-0.1, -0.05) is 19.1 Å². The molecule has 0 amide bonds. The minimum Gasteiger partial charge on any atom is -0.367 e. The number of aliphatic imine (C=N–C) groups is 1. The topological polar surface area (TPSA) is 15.4 Å². The van der Waals surface area contributed by atoms with Gasteiger partial charge in [-0.25, -0.2) is 0 Å². The van der Waals surface area contributed by atoms with Gasteiger partial charge in [0.05, 0.1) is 11.4 Å². The van der Waals surface area contributed by atoms with Crippen molar-refractivity contribution >= 4 is 5.71 Å². The SMILES string of the molecule is C=C/N=C(/CC)C(=C(C)C)N1CC1. The van der Waals surface area contributed by atoms with Crippen LogP contribution >= 0.6 is 0 Å². The van der Waals surface area contributed by atoms with Gasteiger partial charge in [-0.15, -0.1) is 0 Å². The van der Waals surface area contributed by atoms with Crippen molar-refractivity contribution in [3.63, 3.8) is 0 Å². The maximum atomic E-state index is 4.31. The first-order valence-corrected chi connectivity index (χ1v) is 4.81. The van der Waals surface area contributed by atoms with Crippen molar-refractivity contribution in [1.29, 1.82) is 0 Å². The average Bonchev–Trinajstić information content (AvgIpc) is 2.86. The zero-order chi connectivity index (χ0) is 9.84. The Labute approximate surface area is 80.7 Å². The van der Waals surface area contributed by atoms with E-state index in [1.165, 1.54) is 24.4 Å². The minimum atomic E-state index is 0.975. The summed E-state index contributed by atoms with van der Waals surface area (Å²) in [4.78, 5) is 6.65. The fourth-order valence-electron chi connectivity index (χ4n) is 1.49. The molecule has 0 bridgehead atoms. The Bertz CT molecular complexity index is 253. The van der Waals surface area contributed by atoms with Gasteiger partial charge in [0.25, 0.3) is 0 Å². The van der Waals surface area contributed by atoms with E-state index in [0.29, 0.717) is 0 Å². The molecule has 0 unspecified atom stereocenters. The normalized spacial score (nSPS) is 15.6. The number of rotatable bonds is 4. The van der Waals surface area contributed by atoms with Crippen molar-refractivity contribution in [2.24, 2.45) is 4.99 Å². The lowest BCUT2D eigenvalue weighted by molar-refractivity contribution is 0.720. The summed E-state index contributed by atoms with van der Waals surface area (Å²) in [6.45, 7) is 12.4. The molecule has 0 radical (unpaired) electrons. The largest absolute Gasteiger partial charge is 0.367 e. The molecule has 0 aromatic rings. The van der Waals surface area contributed by atoms with Crippen molar-refractivity contribution < 1.29 is 0 Å². The summed E-state index contributed by atoms with van der Waals surface area (Å²) >= 11 is 0. The van der Waals surface area contributed by atoms with Gasteiger partial charge in [0.2, 0.25) is 0 Å². The standard InChI is InChI=1S/C11H18N2/c1-5-10(12-6-2)11(9(3)4)13-7-8-13/h6H,2,5,7-8H2,1,3-4H3/b12-10-. The third-order valence-corrected chi connectivity index (χ3v) is 2.09. The first-order chi connectivity index (χ1) is 6.20. The summed E-state index contributed by atoms with van der Waals surface area (Å²) in [5, 5.41) is 0. The van der Waals surface area contributed by atoms with E-state index in [-0.39, 0.29) is 0 Å². The lowest BCUT2D eigenvalue weighted by Crippen LogP contribution is -2.11. The van der Waals surface area contributed by atoms with Crippen molar-refractivity contribution in [2.45, 2.75) is 27.2 Å². The Hall–Kier alpha value is -1.05. The molecule has 0 atom stereocenters. The van der Waals surface area contributed by atoms with Crippen LogP contribution in [0.5, 0.6) is 0 Å². The van der Waals surface area contributed by atoms with E-state index in [1.54, 1.807) is 6.20 Å². The Kier molecular flexibility index (Phi) is 3.29. The van der Waals surface area contributed by atoms with Crippen LogP contribution in [0.4, 0.5) is 0 Å². The van der Waals surface area contributed by atoms with Gasteiger partial charge < -0.3 is 4.90 Å². The van der Waals surface area contributed by atoms with Gasteiger partial charge in [0.1, 0.15) is 0 Å². The lowest BCUT2D eigenvalue weighted by Gasteiger charge is -2.12. The Morgan fingerprint density at radius 3 is 2.38 bits per heavy atom. The van der Waals surface area contributed by atoms with Gasteiger partial charge in [0, 0.05) is 19.3 Å². The molecule has 1 fully saturated rings. The van der Waals surface area contributed by atoms with Crippen LogP contribution in [-0.4, -0.2) is 23.7 Å². The average molecular weight is 178 g/mol. The number of hydrogen-bond acceptors (Lipinski definition) is 2. The maximum absolute atomic E-state index is 4.31. The highest BCUT2D eigenvalue weighted by molar-refractivity contribution is 6.00. The van der Waals surface area contributed by atoms with Gasteiger partial charge in [-0.2, -0.15) is 0 Å². The van der Waals surface area contributed by atoms with E-state index < -0.39 is 0 Å². The van der Waals surface area contributed by atoms with Crippen molar-refractivity contribution in [3.8, 4) is 0 Å². The fraction of sp³-hybridized carbons (Fsp3) is 0.545. The molecule has 72 valence electrons. The van der Waals surface area contributed by atoms with Crippen LogP contribution in [0.15, 0.2) is 29.0 Å². The molecule has 0 saturated carbocycles. The zero-order valence-corrected chi connectivity index (χ0v) is 8.80. The summed E-state index contributed by atoms with van der Waals surface area (Å²) < 4.78 is 0. The first-order valence-electron chi connectivity index (χ1n) is 4.81. The second-order valence-electron chi connectivity index (χ2n) is 3.45. The van der Waals surface area contributed by atoms with Gasteiger partial charge in [-0.3, -0.25) is 4.99 Å². The van der Waals surface area contributed by atoms with Gasteiger partial charge in [-0.05, 0) is 20.3 Å². The highest BCUT2D eigenvalue weighted by atomic mass is 15.3. The molecule has 0 N–H and O–H groups in total. The fourth-order valence-corrected chi connectivity index (χ4v) is 1.49. The van der Waals surface area contributed by atoms with E-state index in [1.807, 2.05) is 0 Å². The van der Waals surface area contributed by atoms with Crippen LogP contribution < -0.4 is 0 Å². The molecule has 1 rings (SSSR count). The summed E-state index contributed by atoms with van der Waals surface area (Å²) in [7, 11) is 0. The molecule has 2 nitrogen and oxygen atoms in total. The van der Waals surface area contributed by atoms with Crippen LogP contribution in [0.1, 0.15) is 27.2 Å². The van der Waals surface area contributed by atoms with Crippen LogP contribution in [-0.2, 0) is 0 Å². The molecule has 0 aromatic heterocycles. The molecule has 0 aliphatic carbocycles. The molecule has 0 aromatic carbocycles. The van der Waals surface area contributed by atoms with Crippen LogP contribution in [0.25, 0.3) is 0 Å². The third kappa shape index (κ3) is 2.44. The number of nitrogens with zero attached hydrogens (tertiary/aromatic N) is 2. The Morgan fingerprint density at radius 1 is 1.46 bits per heavy atom. The van der Waals surface area contributed by atoms with E-state index in [2.05, 4.69) is 37.2 Å². The number of allylic oxidation sites excluding steroid dienone is 2. The summed E-state index contributed by atoms with van der Waals surface area (Å²) in [5.74, 6) is 0.